The number of H-pyrrole nitrogens is 1. The highest BCUT2D eigenvalue weighted by molar-refractivity contribution is 5.98. The minimum Gasteiger partial charge on any atom is -0.395 e. The molecule has 2 aliphatic rings. The van der Waals surface area contributed by atoms with Gasteiger partial charge in [0.2, 0.25) is 0 Å². The maximum absolute atomic E-state index is 12.0. The number of hydrogen-bond donors (Lipinski definition) is 3. The van der Waals surface area contributed by atoms with E-state index in [1.54, 1.807) is 0 Å². The molecule has 2 saturated carbocycles. The lowest BCUT2D eigenvalue weighted by molar-refractivity contribution is 0.0892. The third kappa shape index (κ3) is 1.90. The second-order valence-corrected chi connectivity index (χ2v) is 5.42. The van der Waals surface area contributed by atoms with Gasteiger partial charge in [0.1, 0.15) is 0 Å². The summed E-state index contributed by atoms with van der Waals surface area (Å²) in [4.78, 5) is 12.0. The molecule has 0 spiro atoms. The van der Waals surface area contributed by atoms with E-state index in [0.29, 0.717) is 23.3 Å². The molecule has 1 aromatic rings. The Hall–Kier alpha value is -1.52. The van der Waals surface area contributed by atoms with Crippen LogP contribution in [0, 0.1) is 5.92 Å². The molecule has 1 amide bonds. The van der Waals surface area contributed by atoms with Gasteiger partial charge < -0.3 is 11.1 Å². The smallest absolute Gasteiger partial charge is 0.274 e. The first-order valence-electron chi connectivity index (χ1n) is 6.29. The van der Waals surface area contributed by atoms with Gasteiger partial charge in [-0.2, -0.15) is 5.10 Å². The Labute approximate surface area is 100 Å². The summed E-state index contributed by atoms with van der Waals surface area (Å²) in [5.41, 5.74) is 7.80. The third-order valence-corrected chi connectivity index (χ3v) is 3.74. The van der Waals surface area contributed by atoms with Crippen molar-refractivity contribution in [1.82, 2.24) is 15.5 Å². The molecule has 1 aromatic heterocycles. The van der Waals surface area contributed by atoms with Crippen molar-refractivity contribution in [1.29, 1.82) is 0 Å². The molecular weight excluding hydrogens is 216 g/mol. The van der Waals surface area contributed by atoms with Gasteiger partial charge in [-0.15, -0.1) is 0 Å². The molecule has 3 rings (SSSR count). The van der Waals surface area contributed by atoms with Gasteiger partial charge in [0.05, 0.1) is 11.4 Å². The first kappa shape index (κ1) is 10.6. The molecule has 92 valence electrons. The summed E-state index contributed by atoms with van der Waals surface area (Å²) in [6.07, 6.45) is 4.41. The zero-order chi connectivity index (χ0) is 12.0. The Morgan fingerprint density at radius 3 is 2.76 bits per heavy atom. The summed E-state index contributed by atoms with van der Waals surface area (Å²) in [5.74, 6) is 1.08. The minimum atomic E-state index is -0.137. The molecule has 0 atom stereocenters. The van der Waals surface area contributed by atoms with Gasteiger partial charge in [-0.1, -0.05) is 6.92 Å². The molecule has 0 aliphatic heterocycles. The number of amides is 1. The second kappa shape index (κ2) is 3.75. The van der Waals surface area contributed by atoms with Crippen LogP contribution in [0.2, 0.25) is 0 Å². The third-order valence-electron chi connectivity index (χ3n) is 3.74. The van der Waals surface area contributed by atoms with E-state index >= 15 is 0 Å². The molecule has 1 heterocycles. The Morgan fingerprint density at radius 1 is 1.47 bits per heavy atom. The van der Waals surface area contributed by atoms with E-state index in [-0.39, 0.29) is 5.91 Å². The van der Waals surface area contributed by atoms with Gasteiger partial charge in [0, 0.05) is 12.0 Å². The molecule has 2 fully saturated rings. The number of nitrogens with one attached hydrogen (secondary N) is 2. The molecular formula is C12H18N4O. The quantitative estimate of drug-likeness (QED) is 0.739. The fraction of sp³-hybridized carbons (Fsp3) is 0.667. The second-order valence-electron chi connectivity index (χ2n) is 5.42. The highest BCUT2D eigenvalue weighted by Crippen LogP contribution is 2.42. The normalized spacial score (nSPS) is 27.6. The summed E-state index contributed by atoms with van der Waals surface area (Å²) in [6.45, 7) is 2.19. The van der Waals surface area contributed by atoms with Crippen LogP contribution in [0.25, 0.3) is 0 Å². The number of nitrogens with two attached hydrogens (primary N) is 1. The van der Waals surface area contributed by atoms with Crippen LogP contribution in [0.4, 0.5) is 5.69 Å². The number of nitrogens with zero attached hydrogens (tertiary/aromatic N) is 1. The molecule has 5 heteroatoms. The van der Waals surface area contributed by atoms with Crippen molar-refractivity contribution in [3.05, 3.63) is 11.4 Å². The molecule has 0 saturated heterocycles. The number of anilines is 1. The number of rotatable bonds is 3. The average molecular weight is 234 g/mol. The minimum absolute atomic E-state index is 0.137. The lowest BCUT2D eigenvalue weighted by atomic mass is 9.82. The van der Waals surface area contributed by atoms with E-state index in [1.807, 2.05) is 0 Å². The van der Waals surface area contributed by atoms with Crippen LogP contribution < -0.4 is 11.1 Å². The maximum atomic E-state index is 12.0. The number of carbonyl (C=O) groups is 1. The van der Waals surface area contributed by atoms with Gasteiger partial charge in [-0.3, -0.25) is 9.89 Å². The Bertz CT molecular complexity index is 443. The van der Waals surface area contributed by atoms with Crippen LogP contribution in [-0.2, 0) is 0 Å². The number of aromatic nitrogens is 2. The van der Waals surface area contributed by atoms with Crippen LogP contribution in [0.5, 0.6) is 0 Å². The molecule has 0 radical (unpaired) electrons. The van der Waals surface area contributed by atoms with E-state index in [1.165, 1.54) is 0 Å². The van der Waals surface area contributed by atoms with E-state index in [0.717, 1.165) is 37.3 Å². The van der Waals surface area contributed by atoms with Crippen LogP contribution in [-0.4, -0.2) is 22.1 Å². The lowest BCUT2D eigenvalue weighted by Gasteiger charge is -2.32. The van der Waals surface area contributed by atoms with Crippen LogP contribution in [0.15, 0.2) is 0 Å². The Balaban J connectivity index is 1.68. The topological polar surface area (TPSA) is 83.8 Å². The first-order valence-corrected chi connectivity index (χ1v) is 6.29. The Kier molecular flexibility index (Phi) is 2.34. The van der Waals surface area contributed by atoms with Crippen molar-refractivity contribution in [2.45, 2.75) is 44.6 Å². The summed E-state index contributed by atoms with van der Waals surface area (Å²) in [5, 5.41) is 9.92. The van der Waals surface area contributed by atoms with Crippen molar-refractivity contribution < 1.29 is 4.79 Å². The maximum Gasteiger partial charge on any atom is 0.274 e. The zero-order valence-corrected chi connectivity index (χ0v) is 9.99. The van der Waals surface area contributed by atoms with Gasteiger partial charge in [-0.05, 0) is 31.6 Å². The Morgan fingerprint density at radius 2 is 2.18 bits per heavy atom. The zero-order valence-electron chi connectivity index (χ0n) is 9.99. The van der Waals surface area contributed by atoms with Crippen LogP contribution in [0.3, 0.4) is 0 Å². The molecule has 5 nitrogen and oxygen atoms in total. The number of aromatic amines is 1. The monoisotopic (exact) mass is 234 g/mol. The molecule has 2 aliphatic carbocycles. The molecule has 17 heavy (non-hydrogen) atoms. The van der Waals surface area contributed by atoms with Crippen molar-refractivity contribution in [2.24, 2.45) is 5.92 Å². The number of carbonyl (C=O) groups excluding carboxylic acids is 1. The summed E-state index contributed by atoms with van der Waals surface area (Å²) in [7, 11) is 0. The molecule has 0 aromatic carbocycles. The van der Waals surface area contributed by atoms with E-state index in [4.69, 9.17) is 5.73 Å². The SMILES string of the molecule is CC1CC(NC(=O)c2n[nH]c(C3CC3)c2N)C1. The highest BCUT2D eigenvalue weighted by atomic mass is 16.2. The van der Waals surface area contributed by atoms with Crippen LogP contribution in [0.1, 0.15) is 54.7 Å². The molecule has 0 unspecified atom stereocenters. The van der Waals surface area contributed by atoms with Crippen LogP contribution >= 0.6 is 0 Å². The fourth-order valence-electron chi connectivity index (χ4n) is 2.49. The number of nitrogen functional groups attached to an aromatic ring is 1. The van der Waals surface area contributed by atoms with Gasteiger partial charge in [0.15, 0.2) is 5.69 Å². The van der Waals surface area contributed by atoms with Gasteiger partial charge in [-0.25, -0.2) is 0 Å². The van der Waals surface area contributed by atoms with Crippen molar-refractivity contribution in [3.63, 3.8) is 0 Å². The predicted octanol–water partition coefficient (Wildman–Crippen LogP) is 1.40. The van der Waals surface area contributed by atoms with Crippen molar-refractivity contribution in [3.8, 4) is 0 Å². The fourth-order valence-corrected chi connectivity index (χ4v) is 2.49. The summed E-state index contributed by atoms with van der Waals surface area (Å²) in [6, 6.07) is 0.304. The predicted molar refractivity (Wildman–Crippen MR) is 64.6 cm³/mol. The van der Waals surface area contributed by atoms with E-state index < -0.39 is 0 Å². The standard InChI is InChI=1S/C12H18N4O/c1-6-4-8(5-6)14-12(17)11-9(13)10(15-16-11)7-2-3-7/h6-8H,2-5,13H2,1H3,(H,14,17)(H,15,16). The molecule has 0 bridgehead atoms. The summed E-state index contributed by atoms with van der Waals surface area (Å²) < 4.78 is 0. The van der Waals surface area contributed by atoms with Gasteiger partial charge >= 0.3 is 0 Å². The largest absolute Gasteiger partial charge is 0.395 e. The molecule has 4 N–H and O–H groups in total. The lowest BCUT2D eigenvalue weighted by Crippen LogP contribution is -2.43. The first-order chi connectivity index (χ1) is 8.15. The highest BCUT2D eigenvalue weighted by Gasteiger charge is 2.32. The van der Waals surface area contributed by atoms with E-state index in [9.17, 15) is 4.79 Å². The van der Waals surface area contributed by atoms with Crippen molar-refractivity contribution >= 4 is 11.6 Å². The number of hydrogen-bond acceptors (Lipinski definition) is 3. The average Bonchev–Trinajstić information content (AvgIpc) is 3.00. The van der Waals surface area contributed by atoms with Crippen molar-refractivity contribution in [2.75, 3.05) is 5.73 Å². The summed E-state index contributed by atoms with van der Waals surface area (Å²) >= 11 is 0. The van der Waals surface area contributed by atoms with E-state index in [2.05, 4.69) is 22.4 Å². The van der Waals surface area contributed by atoms with Gasteiger partial charge in [0.25, 0.3) is 5.91 Å².